The summed E-state index contributed by atoms with van der Waals surface area (Å²) in [7, 11) is 0. The van der Waals surface area contributed by atoms with Crippen LogP contribution in [0.15, 0.2) is 12.7 Å². The predicted octanol–water partition coefficient (Wildman–Crippen LogP) is 0.0801. The molecule has 3 aliphatic rings. The zero-order chi connectivity index (χ0) is 8.84. The van der Waals surface area contributed by atoms with Crippen LogP contribution in [-0.4, -0.2) is 43.9 Å². The molecular formula is C9H12O4. The molecule has 13 heavy (non-hydrogen) atoms. The Morgan fingerprint density at radius 3 is 3.15 bits per heavy atom. The molecule has 3 aliphatic heterocycles. The second kappa shape index (κ2) is 2.78. The summed E-state index contributed by atoms with van der Waals surface area (Å²) in [5, 5.41) is 0. The Hall–Kier alpha value is -0.420. The minimum atomic E-state index is -0.140. The summed E-state index contributed by atoms with van der Waals surface area (Å²) in [4.78, 5) is 0. The van der Waals surface area contributed by atoms with Gasteiger partial charge in [-0.15, -0.1) is 6.58 Å². The van der Waals surface area contributed by atoms with E-state index in [1.807, 2.05) is 0 Å². The first kappa shape index (κ1) is 7.94. The van der Waals surface area contributed by atoms with Crippen molar-refractivity contribution in [1.29, 1.82) is 0 Å². The maximum absolute atomic E-state index is 5.57. The van der Waals surface area contributed by atoms with Crippen molar-refractivity contribution in [3.8, 4) is 0 Å². The summed E-state index contributed by atoms with van der Waals surface area (Å²) < 4.78 is 21.9. The Balaban J connectivity index is 1.69. The smallest absolute Gasteiger partial charge is 0.187 e. The normalized spacial score (nSPS) is 51.5. The third-order valence-electron chi connectivity index (χ3n) is 2.66. The van der Waals surface area contributed by atoms with Crippen LogP contribution in [0.1, 0.15) is 0 Å². The molecule has 2 bridgehead atoms. The Bertz CT molecular complexity index is 230. The Morgan fingerprint density at radius 2 is 2.31 bits per heavy atom. The SMILES string of the molecule is C=CCO[C@H]1[C@@H]2O[C@H]2[C@@H]2OC[C@H]1O2. The van der Waals surface area contributed by atoms with Gasteiger partial charge in [0.2, 0.25) is 0 Å². The molecule has 72 valence electrons. The molecule has 0 saturated carbocycles. The Morgan fingerprint density at radius 1 is 1.38 bits per heavy atom. The summed E-state index contributed by atoms with van der Waals surface area (Å²) in [6.07, 6.45) is 1.97. The average molecular weight is 184 g/mol. The molecule has 3 saturated heterocycles. The van der Waals surface area contributed by atoms with Gasteiger partial charge in [0.15, 0.2) is 6.29 Å². The van der Waals surface area contributed by atoms with Crippen LogP contribution < -0.4 is 0 Å². The third-order valence-corrected chi connectivity index (χ3v) is 2.66. The zero-order valence-corrected chi connectivity index (χ0v) is 7.22. The van der Waals surface area contributed by atoms with Gasteiger partial charge in [0, 0.05) is 0 Å². The summed E-state index contributed by atoms with van der Waals surface area (Å²) in [5.74, 6) is 0. The van der Waals surface area contributed by atoms with E-state index >= 15 is 0 Å². The van der Waals surface area contributed by atoms with Gasteiger partial charge in [0.25, 0.3) is 0 Å². The van der Waals surface area contributed by atoms with Crippen molar-refractivity contribution in [3.05, 3.63) is 12.7 Å². The van der Waals surface area contributed by atoms with E-state index in [-0.39, 0.29) is 30.7 Å². The van der Waals surface area contributed by atoms with Crippen molar-refractivity contribution in [3.63, 3.8) is 0 Å². The van der Waals surface area contributed by atoms with Crippen LogP contribution in [0.5, 0.6) is 0 Å². The molecule has 3 fully saturated rings. The van der Waals surface area contributed by atoms with Crippen LogP contribution in [0, 0.1) is 0 Å². The molecule has 0 spiro atoms. The standard InChI is InChI=1S/C9H12O4/c1-2-3-10-6-5-4-11-9(12-5)8-7(6)13-8/h2,5-9H,1,3-4H2/t5-,6-,7+,8-,9-/m1/s1. The number of fused-ring (bicyclic) bond motifs is 4. The molecule has 3 rings (SSSR count). The molecule has 3 heterocycles. The molecule has 0 N–H and O–H groups in total. The van der Waals surface area contributed by atoms with E-state index in [1.54, 1.807) is 6.08 Å². The van der Waals surface area contributed by atoms with Crippen molar-refractivity contribution in [1.82, 2.24) is 0 Å². The van der Waals surface area contributed by atoms with Crippen molar-refractivity contribution in [2.24, 2.45) is 0 Å². The zero-order valence-electron chi connectivity index (χ0n) is 7.22. The average Bonchev–Trinajstić information content (AvgIpc) is 2.82. The van der Waals surface area contributed by atoms with Gasteiger partial charge in [0.05, 0.1) is 13.2 Å². The second-order valence-corrected chi connectivity index (χ2v) is 3.53. The molecule has 0 amide bonds. The molecule has 0 aromatic heterocycles. The minimum Gasteiger partial charge on any atom is -0.369 e. The fourth-order valence-corrected chi connectivity index (χ4v) is 2.00. The fraction of sp³-hybridized carbons (Fsp3) is 0.778. The van der Waals surface area contributed by atoms with Gasteiger partial charge in [-0.05, 0) is 0 Å². The first-order chi connectivity index (χ1) is 6.40. The van der Waals surface area contributed by atoms with Crippen LogP contribution in [0.3, 0.4) is 0 Å². The molecule has 5 atom stereocenters. The topological polar surface area (TPSA) is 40.2 Å². The third kappa shape index (κ3) is 1.14. The maximum Gasteiger partial charge on any atom is 0.187 e. The summed E-state index contributed by atoms with van der Waals surface area (Å²) in [5.41, 5.74) is 0. The van der Waals surface area contributed by atoms with Gasteiger partial charge in [-0.3, -0.25) is 0 Å². The van der Waals surface area contributed by atoms with E-state index in [9.17, 15) is 0 Å². The van der Waals surface area contributed by atoms with Crippen molar-refractivity contribution in [2.45, 2.75) is 30.7 Å². The van der Waals surface area contributed by atoms with Crippen molar-refractivity contribution < 1.29 is 18.9 Å². The summed E-state index contributed by atoms with van der Waals surface area (Å²) >= 11 is 0. The lowest BCUT2D eigenvalue weighted by Gasteiger charge is -2.23. The molecule has 4 heteroatoms. The predicted molar refractivity (Wildman–Crippen MR) is 43.2 cm³/mol. The van der Waals surface area contributed by atoms with Crippen LogP contribution in [-0.2, 0) is 18.9 Å². The van der Waals surface area contributed by atoms with Gasteiger partial charge in [-0.2, -0.15) is 0 Å². The van der Waals surface area contributed by atoms with E-state index in [0.29, 0.717) is 13.2 Å². The highest BCUT2D eigenvalue weighted by molar-refractivity contribution is 5.04. The van der Waals surface area contributed by atoms with Crippen LogP contribution in [0.2, 0.25) is 0 Å². The highest BCUT2D eigenvalue weighted by Crippen LogP contribution is 2.42. The summed E-state index contributed by atoms with van der Waals surface area (Å²) in [6, 6.07) is 0. The van der Waals surface area contributed by atoms with E-state index in [1.165, 1.54) is 0 Å². The molecule has 0 aromatic rings. The first-order valence-electron chi connectivity index (χ1n) is 4.55. The number of hydrogen-bond donors (Lipinski definition) is 0. The quantitative estimate of drug-likeness (QED) is 0.460. The number of epoxide rings is 1. The second-order valence-electron chi connectivity index (χ2n) is 3.53. The lowest BCUT2D eigenvalue weighted by Crippen LogP contribution is -2.41. The first-order valence-corrected chi connectivity index (χ1v) is 4.55. The van der Waals surface area contributed by atoms with E-state index in [0.717, 1.165) is 0 Å². The fourth-order valence-electron chi connectivity index (χ4n) is 2.00. The van der Waals surface area contributed by atoms with Crippen molar-refractivity contribution >= 4 is 0 Å². The molecular weight excluding hydrogens is 172 g/mol. The number of ether oxygens (including phenoxy) is 4. The molecule has 0 aliphatic carbocycles. The number of hydrogen-bond acceptors (Lipinski definition) is 4. The van der Waals surface area contributed by atoms with Gasteiger partial charge in [0.1, 0.15) is 24.4 Å². The Kier molecular flexibility index (Phi) is 1.70. The van der Waals surface area contributed by atoms with Crippen LogP contribution in [0.25, 0.3) is 0 Å². The van der Waals surface area contributed by atoms with E-state index < -0.39 is 0 Å². The Labute approximate surface area is 76.4 Å². The molecule has 0 radical (unpaired) electrons. The van der Waals surface area contributed by atoms with Gasteiger partial charge >= 0.3 is 0 Å². The molecule has 0 unspecified atom stereocenters. The lowest BCUT2D eigenvalue weighted by atomic mass is 10.1. The lowest BCUT2D eigenvalue weighted by molar-refractivity contribution is -0.115. The van der Waals surface area contributed by atoms with Crippen LogP contribution in [0.4, 0.5) is 0 Å². The van der Waals surface area contributed by atoms with Gasteiger partial charge in [-0.1, -0.05) is 6.08 Å². The molecule has 4 nitrogen and oxygen atoms in total. The maximum atomic E-state index is 5.57. The summed E-state index contributed by atoms with van der Waals surface area (Å²) in [6.45, 7) is 4.78. The highest BCUT2D eigenvalue weighted by atomic mass is 16.8. The van der Waals surface area contributed by atoms with Crippen molar-refractivity contribution in [2.75, 3.05) is 13.2 Å². The van der Waals surface area contributed by atoms with Gasteiger partial charge < -0.3 is 18.9 Å². The van der Waals surface area contributed by atoms with E-state index in [4.69, 9.17) is 18.9 Å². The largest absolute Gasteiger partial charge is 0.369 e. The molecule has 0 aromatic carbocycles. The van der Waals surface area contributed by atoms with Crippen LogP contribution >= 0.6 is 0 Å². The highest BCUT2D eigenvalue weighted by Gasteiger charge is 2.61. The van der Waals surface area contributed by atoms with E-state index in [2.05, 4.69) is 6.58 Å². The minimum absolute atomic E-state index is 0.0294. The van der Waals surface area contributed by atoms with Gasteiger partial charge in [-0.25, -0.2) is 0 Å². The number of rotatable bonds is 3. The monoisotopic (exact) mass is 184 g/mol.